The van der Waals surface area contributed by atoms with Gasteiger partial charge in [-0.05, 0) is 43.5 Å². The van der Waals surface area contributed by atoms with Crippen molar-refractivity contribution in [3.63, 3.8) is 0 Å². The fourth-order valence-electron chi connectivity index (χ4n) is 2.72. The number of rotatable bonds is 4. The number of esters is 1. The van der Waals surface area contributed by atoms with Crippen molar-refractivity contribution in [2.45, 2.75) is 19.3 Å². The van der Waals surface area contributed by atoms with E-state index in [0.717, 1.165) is 31.6 Å². The molecule has 0 saturated carbocycles. The monoisotopic (exact) mass is 340 g/mol. The lowest BCUT2D eigenvalue weighted by molar-refractivity contribution is 0.0600. The molecule has 130 valence electrons. The van der Waals surface area contributed by atoms with Crippen LogP contribution in [0.15, 0.2) is 36.7 Å². The average molecular weight is 340 g/mol. The van der Waals surface area contributed by atoms with Gasteiger partial charge in [-0.1, -0.05) is 0 Å². The molecule has 1 amide bonds. The van der Waals surface area contributed by atoms with Gasteiger partial charge in [0.15, 0.2) is 0 Å². The number of anilines is 2. The van der Waals surface area contributed by atoms with Crippen LogP contribution in [0.1, 0.15) is 40.1 Å². The number of piperidine rings is 1. The van der Waals surface area contributed by atoms with Gasteiger partial charge >= 0.3 is 5.97 Å². The molecule has 1 aliphatic heterocycles. The van der Waals surface area contributed by atoms with Gasteiger partial charge in [-0.25, -0.2) is 14.8 Å². The maximum absolute atomic E-state index is 12.4. The van der Waals surface area contributed by atoms with E-state index in [2.05, 4.69) is 20.0 Å². The molecule has 1 aromatic heterocycles. The standard InChI is InChI=1S/C18H20N4O3/c1-25-18(24)13-5-7-14(8-6-13)21-16-12-19-15(11-20-16)17(23)22-9-3-2-4-10-22/h5-8,11-12H,2-4,9-10H2,1H3,(H,20,21). The first kappa shape index (κ1) is 16.9. The molecule has 0 aliphatic carbocycles. The molecule has 1 fully saturated rings. The highest BCUT2D eigenvalue weighted by molar-refractivity contribution is 5.92. The third-order valence-corrected chi connectivity index (χ3v) is 4.09. The molecule has 1 aliphatic rings. The van der Waals surface area contributed by atoms with Gasteiger partial charge in [-0.3, -0.25) is 4.79 Å². The van der Waals surface area contributed by atoms with E-state index in [1.54, 1.807) is 24.3 Å². The van der Waals surface area contributed by atoms with Crippen molar-refractivity contribution in [2.24, 2.45) is 0 Å². The summed E-state index contributed by atoms with van der Waals surface area (Å²) >= 11 is 0. The minimum absolute atomic E-state index is 0.0684. The van der Waals surface area contributed by atoms with E-state index in [4.69, 9.17) is 0 Å². The van der Waals surface area contributed by atoms with Crippen molar-refractivity contribution < 1.29 is 14.3 Å². The first-order valence-corrected chi connectivity index (χ1v) is 8.24. The molecule has 1 N–H and O–H groups in total. The van der Waals surface area contributed by atoms with Crippen molar-refractivity contribution in [3.05, 3.63) is 47.9 Å². The van der Waals surface area contributed by atoms with Crippen LogP contribution in [-0.2, 0) is 4.74 Å². The number of aromatic nitrogens is 2. The molecule has 0 radical (unpaired) electrons. The van der Waals surface area contributed by atoms with Gasteiger partial charge in [-0.2, -0.15) is 0 Å². The number of carbonyl (C=O) groups excluding carboxylic acids is 2. The Morgan fingerprint density at radius 3 is 2.36 bits per heavy atom. The lowest BCUT2D eigenvalue weighted by Crippen LogP contribution is -2.36. The summed E-state index contributed by atoms with van der Waals surface area (Å²) in [5.74, 6) is 0.0779. The number of benzene rings is 1. The molecule has 3 rings (SSSR count). The van der Waals surface area contributed by atoms with Crippen LogP contribution < -0.4 is 5.32 Å². The number of nitrogens with zero attached hydrogens (tertiary/aromatic N) is 3. The smallest absolute Gasteiger partial charge is 0.337 e. The summed E-state index contributed by atoms with van der Waals surface area (Å²) in [7, 11) is 1.34. The Balaban J connectivity index is 1.64. The molecule has 0 bridgehead atoms. The second-order valence-electron chi connectivity index (χ2n) is 5.83. The second-order valence-corrected chi connectivity index (χ2v) is 5.83. The van der Waals surface area contributed by atoms with Gasteiger partial charge < -0.3 is 15.0 Å². The van der Waals surface area contributed by atoms with E-state index in [1.165, 1.54) is 25.9 Å². The fraction of sp³-hybridized carbons (Fsp3) is 0.333. The van der Waals surface area contributed by atoms with Gasteiger partial charge in [0.25, 0.3) is 5.91 Å². The molecule has 0 unspecified atom stereocenters. The largest absolute Gasteiger partial charge is 0.465 e. The predicted octanol–water partition coefficient (Wildman–Crippen LogP) is 2.63. The molecule has 25 heavy (non-hydrogen) atoms. The topological polar surface area (TPSA) is 84.4 Å². The van der Waals surface area contributed by atoms with Crippen molar-refractivity contribution in [2.75, 3.05) is 25.5 Å². The molecular formula is C18H20N4O3. The average Bonchev–Trinajstić information content (AvgIpc) is 2.68. The number of carbonyl (C=O) groups is 2. The molecule has 2 aromatic rings. The number of nitrogens with one attached hydrogen (secondary N) is 1. The number of methoxy groups -OCH3 is 1. The Labute approximate surface area is 146 Å². The van der Waals surface area contributed by atoms with Crippen LogP contribution in [0.25, 0.3) is 0 Å². The van der Waals surface area contributed by atoms with Crippen LogP contribution in [0.2, 0.25) is 0 Å². The highest BCUT2D eigenvalue weighted by atomic mass is 16.5. The lowest BCUT2D eigenvalue weighted by atomic mass is 10.1. The first-order chi connectivity index (χ1) is 12.2. The van der Waals surface area contributed by atoms with Crippen LogP contribution in [0, 0.1) is 0 Å². The SMILES string of the molecule is COC(=O)c1ccc(Nc2cnc(C(=O)N3CCCCC3)cn2)cc1. The summed E-state index contributed by atoms with van der Waals surface area (Å²) in [5, 5.41) is 3.08. The Morgan fingerprint density at radius 2 is 1.76 bits per heavy atom. The normalized spacial score (nSPS) is 14.0. The zero-order valence-corrected chi connectivity index (χ0v) is 14.1. The summed E-state index contributed by atoms with van der Waals surface area (Å²) < 4.78 is 4.66. The molecule has 1 saturated heterocycles. The summed E-state index contributed by atoms with van der Waals surface area (Å²) in [5.41, 5.74) is 1.59. The Morgan fingerprint density at radius 1 is 1.04 bits per heavy atom. The molecule has 7 heteroatoms. The van der Waals surface area contributed by atoms with Crippen molar-refractivity contribution in [3.8, 4) is 0 Å². The summed E-state index contributed by atoms with van der Waals surface area (Å²) in [4.78, 5) is 34.1. The molecule has 0 spiro atoms. The fourth-order valence-corrected chi connectivity index (χ4v) is 2.72. The summed E-state index contributed by atoms with van der Waals surface area (Å²) in [6, 6.07) is 6.83. The Kier molecular flexibility index (Phi) is 5.23. The second kappa shape index (κ2) is 7.74. The quantitative estimate of drug-likeness (QED) is 0.861. The minimum Gasteiger partial charge on any atom is -0.465 e. The van der Waals surface area contributed by atoms with Crippen LogP contribution in [0.5, 0.6) is 0 Å². The van der Waals surface area contributed by atoms with Crippen LogP contribution in [0.3, 0.4) is 0 Å². The molecule has 2 heterocycles. The van der Waals surface area contributed by atoms with Crippen molar-refractivity contribution >= 4 is 23.4 Å². The minimum atomic E-state index is -0.382. The number of likely N-dealkylation sites (tertiary alicyclic amines) is 1. The third-order valence-electron chi connectivity index (χ3n) is 4.09. The molecule has 0 atom stereocenters. The highest BCUT2D eigenvalue weighted by Crippen LogP contribution is 2.16. The van der Waals surface area contributed by atoms with Gasteiger partial charge in [-0.15, -0.1) is 0 Å². The zero-order chi connectivity index (χ0) is 17.6. The molecule has 7 nitrogen and oxygen atoms in total. The van der Waals surface area contributed by atoms with Gasteiger partial charge in [0.2, 0.25) is 0 Å². The van der Waals surface area contributed by atoms with E-state index < -0.39 is 0 Å². The van der Waals surface area contributed by atoms with Crippen molar-refractivity contribution in [1.29, 1.82) is 0 Å². The Hall–Kier alpha value is -2.96. The Bertz CT molecular complexity index is 738. The highest BCUT2D eigenvalue weighted by Gasteiger charge is 2.19. The van der Waals surface area contributed by atoms with Crippen LogP contribution in [-0.4, -0.2) is 46.9 Å². The zero-order valence-electron chi connectivity index (χ0n) is 14.1. The van der Waals surface area contributed by atoms with Gasteiger partial charge in [0, 0.05) is 18.8 Å². The third kappa shape index (κ3) is 4.12. The van der Waals surface area contributed by atoms with E-state index >= 15 is 0 Å². The maximum Gasteiger partial charge on any atom is 0.337 e. The van der Waals surface area contributed by atoms with E-state index in [0.29, 0.717) is 17.1 Å². The van der Waals surface area contributed by atoms with E-state index in [9.17, 15) is 9.59 Å². The number of amides is 1. The van der Waals surface area contributed by atoms with E-state index in [-0.39, 0.29) is 11.9 Å². The van der Waals surface area contributed by atoms with Crippen LogP contribution in [0.4, 0.5) is 11.5 Å². The summed E-state index contributed by atoms with van der Waals surface area (Å²) in [6.45, 7) is 1.57. The number of ether oxygens (including phenoxy) is 1. The van der Waals surface area contributed by atoms with Gasteiger partial charge in [0.05, 0.1) is 25.1 Å². The van der Waals surface area contributed by atoms with Crippen LogP contribution >= 0.6 is 0 Å². The number of hydrogen-bond acceptors (Lipinski definition) is 6. The number of hydrogen-bond donors (Lipinski definition) is 1. The summed E-state index contributed by atoms with van der Waals surface area (Å²) in [6.07, 6.45) is 6.28. The van der Waals surface area contributed by atoms with Gasteiger partial charge in [0.1, 0.15) is 11.5 Å². The predicted molar refractivity (Wildman–Crippen MR) is 92.9 cm³/mol. The first-order valence-electron chi connectivity index (χ1n) is 8.24. The lowest BCUT2D eigenvalue weighted by Gasteiger charge is -2.26. The molecule has 1 aromatic carbocycles. The van der Waals surface area contributed by atoms with E-state index in [1.807, 2.05) is 4.90 Å². The molecular weight excluding hydrogens is 320 g/mol. The maximum atomic E-state index is 12.4. The van der Waals surface area contributed by atoms with Crippen molar-refractivity contribution in [1.82, 2.24) is 14.9 Å².